The van der Waals surface area contributed by atoms with E-state index in [-0.39, 0.29) is 11.4 Å². The van der Waals surface area contributed by atoms with Crippen LogP contribution in [0.25, 0.3) is 0 Å². The Kier molecular flexibility index (Phi) is 4.23. The average molecular weight is 267 g/mol. The van der Waals surface area contributed by atoms with E-state index in [1.807, 2.05) is 63.2 Å². The minimum absolute atomic E-state index is 0.0102. The van der Waals surface area contributed by atoms with Crippen LogP contribution in [0.2, 0.25) is 0 Å². The van der Waals surface area contributed by atoms with Gasteiger partial charge in [0.2, 0.25) is 0 Å². The molecule has 1 amide bonds. The first-order valence-electron chi connectivity index (χ1n) is 6.90. The van der Waals surface area contributed by atoms with Crippen LogP contribution < -0.4 is 5.32 Å². The van der Waals surface area contributed by atoms with Crippen molar-refractivity contribution in [3.05, 3.63) is 71.3 Å². The molecule has 0 aliphatic rings. The number of rotatable bonds is 3. The highest BCUT2D eigenvalue weighted by Gasteiger charge is 2.17. The number of carbonyl (C=O) groups excluding carboxylic acids is 1. The summed E-state index contributed by atoms with van der Waals surface area (Å²) in [5, 5.41) is 3.02. The van der Waals surface area contributed by atoms with Crippen molar-refractivity contribution in [2.45, 2.75) is 32.7 Å². The number of amides is 1. The highest BCUT2D eigenvalue weighted by Crippen LogP contribution is 2.15. The van der Waals surface area contributed by atoms with Gasteiger partial charge in [0, 0.05) is 11.1 Å². The highest BCUT2D eigenvalue weighted by atomic mass is 16.1. The van der Waals surface area contributed by atoms with Gasteiger partial charge in [0.25, 0.3) is 5.91 Å². The van der Waals surface area contributed by atoms with Gasteiger partial charge in [-0.05, 0) is 44.4 Å². The summed E-state index contributed by atoms with van der Waals surface area (Å²) < 4.78 is 0. The third-order valence-electron chi connectivity index (χ3n) is 2.99. The maximum atomic E-state index is 12.4. The Morgan fingerprint density at radius 2 is 1.55 bits per heavy atom. The fraction of sp³-hybridized carbons (Fsp3) is 0.278. The van der Waals surface area contributed by atoms with E-state index in [4.69, 9.17) is 0 Å². The van der Waals surface area contributed by atoms with Gasteiger partial charge in [0.05, 0.1) is 0 Å². The van der Waals surface area contributed by atoms with Crippen molar-refractivity contribution in [3.8, 4) is 0 Å². The van der Waals surface area contributed by atoms with Crippen molar-refractivity contribution in [2.75, 3.05) is 0 Å². The molecule has 0 atom stereocenters. The predicted octanol–water partition coefficient (Wildman–Crippen LogP) is 3.81. The molecule has 2 aromatic carbocycles. The SMILES string of the molecule is CC(C)(C)NC(=O)c1ccccc1Cc1ccccc1. The number of hydrogen-bond donors (Lipinski definition) is 1. The van der Waals surface area contributed by atoms with E-state index in [0.717, 1.165) is 17.5 Å². The van der Waals surface area contributed by atoms with Crippen LogP contribution in [0.15, 0.2) is 54.6 Å². The number of carbonyl (C=O) groups is 1. The van der Waals surface area contributed by atoms with Crippen LogP contribution >= 0.6 is 0 Å². The molecule has 0 saturated carbocycles. The molecule has 104 valence electrons. The van der Waals surface area contributed by atoms with Crippen LogP contribution in [0.5, 0.6) is 0 Å². The summed E-state index contributed by atoms with van der Waals surface area (Å²) in [5.74, 6) is -0.0102. The van der Waals surface area contributed by atoms with Crippen molar-refractivity contribution in [1.29, 1.82) is 0 Å². The molecule has 20 heavy (non-hydrogen) atoms. The van der Waals surface area contributed by atoms with Gasteiger partial charge in [-0.15, -0.1) is 0 Å². The van der Waals surface area contributed by atoms with Crippen LogP contribution in [0.1, 0.15) is 42.3 Å². The molecule has 0 aliphatic heterocycles. The number of hydrogen-bond acceptors (Lipinski definition) is 1. The van der Waals surface area contributed by atoms with Crippen LogP contribution in [0.4, 0.5) is 0 Å². The van der Waals surface area contributed by atoms with Gasteiger partial charge < -0.3 is 5.32 Å². The molecule has 0 spiro atoms. The van der Waals surface area contributed by atoms with E-state index in [1.165, 1.54) is 5.56 Å². The molecular weight excluding hydrogens is 246 g/mol. The fourth-order valence-electron chi connectivity index (χ4n) is 2.12. The van der Waals surface area contributed by atoms with Gasteiger partial charge in [-0.2, -0.15) is 0 Å². The maximum Gasteiger partial charge on any atom is 0.251 e. The van der Waals surface area contributed by atoms with Gasteiger partial charge in [0.1, 0.15) is 0 Å². The number of nitrogens with one attached hydrogen (secondary N) is 1. The maximum absolute atomic E-state index is 12.4. The molecule has 0 aliphatic carbocycles. The van der Waals surface area contributed by atoms with E-state index >= 15 is 0 Å². The third-order valence-corrected chi connectivity index (χ3v) is 2.99. The Morgan fingerprint density at radius 1 is 0.950 bits per heavy atom. The second-order valence-electron chi connectivity index (χ2n) is 6.02. The Bertz CT molecular complexity index is 582. The molecular formula is C18H21NO. The fourth-order valence-corrected chi connectivity index (χ4v) is 2.12. The topological polar surface area (TPSA) is 29.1 Å². The molecule has 2 heteroatoms. The first-order chi connectivity index (χ1) is 9.46. The summed E-state index contributed by atoms with van der Waals surface area (Å²) in [7, 11) is 0. The first kappa shape index (κ1) is 14.3. The zero-order valence-electron chi connectivity index (χ0n) is 12.3. The lowest BCUT2D eigenvalue weighted by Crippen LogP contribution is -2.40. The molecule has 1 N–H and O–H groups in total. The predicted molar refractivity (Wildman–Crippen MR) is 82.9 cm³/mol. The second-order valence-corrected chi connectivity index (χ2v) is 6.02. The van der Waals surface area contributed by atoms with E-state index in [9.17, 15) is 4.79 Å². The quantitative estimate of drug-likeness (QED) is 0.900. The average Bonchev–Trinajstić information content (AvgIpc) is 2.38. The molecule has 0 aromatic heterocycles. The van der Waals surface area contributed by atoms with Gasteiger partial charge in [0.15, 0.2) is 0 Å². The zero-order valence-corrected chi connectivity index (χ0v) is 12.3. The lowest BCUT2D eigenvalue weighted by molar-refractivity contribution is 0.0918. The summed E-state index contributed by atoms with van der Waals surface area (Å²) in [4.78, 5) is 12.4. The largest absolute Gasteiger partial charge is 0.347 e. The summed E-state index contributed by atoms with van der Waals surface area (Å²) in [6.07, 6.45) is 0.772. The molecule has 2 rings (SSSR count). The molecule has 0 bridgehead atoms. The van der Waals surface area contributed by atoms with Gasteiger partial charge in [-0.3, -0.25) is 4.79 Å². The molecule has 0 saturated heterocycles. The standard InChI is InChI=1S/C18H21NO/c1-18(2,3)19-17(20)16-12-8-7-11-15(16)13-14-9-5-4-6-10-14/h4-12H,13H2,1-3H3,(H,19,20). The Morgan fingerprint density at radius 3 is 2.20 bits per heavy atom. The summed E-state index contributed by atoms with van der Waals surface area (Å²) in [6.45, 7) is 5.97. The summed E-state index contributed by atoms with van der Waals surface area (Å²) in [6, 6.07) is 18.0. The van der Waals surface area contributed by atoms with E-state index in [0.29, 0.717) is 0 Å². The molecule has 0 unspecified atom stereocenters. The molecule has 0 heterocycles. The lowest BCUT2D eigenvalue weighted by atomic mass is 9.98. The molecule has 0 fully saturated rings. The number of benzene rings is 2. The van der Waals surface area contributed by atoms with Gasteiger partial charge in [-0.1, -0.05) is 48.5 Å². The van der Waals surface area contributed by atoms with Crippen LogP contribution in [-0.2, 0) is 6.42 Å². The minimum atomic E-state index is -0.225. The van der Waals surface area contributed by atoms with Crippen LogP contribution in [0, 0.1) is 0 Å². The Labute approximate surface area is 120 Å². The van der Waals surface area contributed by atoms with Gasteiger partial charge >= 0.3 is 0 Å². The minimum Gasteiger partial charge on any atom is -0.347 e. The normalized spacial score (nSPS) is 11.2. The van der Waals surface area contributed by atoms with Crippen molar-refractivity contribution in [2.24, 2.45) is 0 Å². The smallest absolute Gasteiger partial charge is 0.251 e. The van der Waals surface area contributed by atoms with Crippen molar-refractivity contribution >= 4 is 5.91 Å². The first-order valence-corrected chi connectivity index (χ1v) is 6.90. The van der Waals surface area contributed by atoms with Crippen LogP contribution in [0.3, 0.4) is 0 Å². The molecule has 2 aromatic rings. The van der Waals surface area contributed by atoms with Crippen molar-refractivity contribution < 1.29 is 4.79 Å². The van der Waals surface area contributed by atoms with Gasteiger partial charge in [-0.25, -0.2) is 0 Å². The van der Waals surface area contributed by atoms with Crippen molar-refractivity contribution in [3.63, 3.8) is 0 Å². The highest BCUT2D eigenvalue weighted by molar-refractivity contribution is 5.96. The summed E-state index contributed by atoms with van der Waals surface area (Å²) in [5.41, 5.74) is 2.80. The molecule has 0 radical (unpaired) electrons. The summed E-state index contributed by atoms with van der Waals surface area (Å²) >= 11 is 0. The third kappa shape index (κ3) is 3.95. The second kappa shape index (κ2) is 5.91. The Hall–Kier alpha value is -2.09. The monoisotopic (exact) mass is 267 g/mol. The van der Waals surface area contributed by atoms with E-state index in [1.54, 1.807) is 0 Å². The van der Waals surface area contributed by atoms with E-state index in [2.05, 4.69) is 17.4 Å². The van der Waals surface area contributed by atoms with E-state index < -0.39 is 0 Å². The molecule has 2 nitrogen and oxygen atoms in total. The lowest BCUT2D eigenvalue weighted by Gasteiger charge is -2.21. The van der Waals surface area contributed by atoms with Crippen molar-refractivity contribution in [1.82, 2.24) is 5.32 Å². The zero-order chi connectivity index (χ0) is 14.6. The Balaban J connectivity index is 2.25. The van der Waals surface area contributed by atoms with Crippen LogP contribution in [-0.4, -0.2) is 11.4 Å².